The summed E-state index contributed by atoms with van der Waals surface area (Å²) < 4.78 is 1.21. The molecule has 3 heterocycles. The predicted molar refractivity (Wildman–Crippen MR) is 141 cm³/mol. The van der Waals surface area contributed by atoms with Gasteiger partial charge in [-0.3, -0.25) is 4.98 Å². The second kappa shape index (κ2) is 8.35. The number of fused-ring (bicyclic) bond motifs is 2. The maximum Gasteiger partial charge on any atom is 0.116 e. The van der Waals surface area contributed by atoms with Gasteiger partial charge in [0.1, 0.15) is 6.33 Å². The second-order valence-corrected chi connectivity index (χ2v) is 11.1. The first-order valence-corrected chi connectivity index (χ1v) is 12.4. The summed E-state index contributed by atoms with van der Waals surface area (Å²) in [5.41, 5.74) is 7.72. The lowest BCUT2D eigenvalue weighted by Gasteiger charge is -2.22. The van der Waals surface area contributed by atoms with E-state index in [9.17, 15) is 0 Å². The molecule has 0 saturated heterocycles. The van der Waals surface area contributed by atoms with Crippen LogP contribution in [0.1, 0.15) is 45.7 Å². The molecule has 0 spiro atoms. The first-order valence-electron chi connectivity index (χ1n) is 11.5. The van der Waals surface area contributed by atoms with Crippen molar-refractivity contribution in [2.24, 2.45) is 5.92 Å². The molecule has 0 amide bonds. The summed E-state index contributed by atoms with van der Waals surface area (Å²) >= 11 is 1.74. The van der Waals surface area contributed by atoms with Crippen LogP contribution >= 0.6 is 11.3 Å². The van der Waals surface area contributed by atoms with Crippen molar-refractivity contribution in [2.45, 2.75) is 46.5 Å². The van der Waals surface area contributed by atoms with E-state index in [1.165, 1.54) is 26.6 Å². The van der Waals surface area contributed by atoms with Crippen molar-refractivity contribution in [2.75, 3.05) is 0 Å². The molecule has 166 valence electrons. The summed E-state index contributed by atoms with van der Waals surface area (Å²) in [6.07, 6.45) is 4.73. The van der Waals surface area contributed by atoms with Crippen LogP contribution in [0.15, 0.2) is 66.4 Å². The zero-order valence-electron chi connectivity index (χ0n) is 19.9. The topological polar surface area (TPSA) is 38.7 Å². The minimum Gasteiger partial charge on any atom is -0.254 e. The molecule has 0 aliphatic heterocycles. The first-order chi connectivity index (χ1) is 15.8. The van der Waals surface area contributed by atoms with Gasteiger partial charge in [-0.05, 0) is 63.9 Å². The Hall–Kier alpha value is -3.11. The smallest absolute Gasteiger partial charge is 0.116 e. The summed E-state index contributed by atoms with van der Waals surface area (Å²) in [4.78, 5) is 14.1. The van der Waals surface area contributed by atoms with Crippen LogP contribution in [0.5, 0.6) is 0 Å². The molecule has 0 atom stereocenters. The molecule has 0 radical (unpaired) electrons. The van der Waals surface area contributed by atoms with Crippen molar-refractivity contribution in [1.29, 1.82) is 0 Å². The van der Waals surface area contributed by atoms with Gasteiger partial charge >= 0.3 is 0 Å². The molecular weight excluding hydrogens is 422 g/mol. The number of aromatic nitrogens is 3. The van der Waals surface area contributed by atoms with Crippen LogP contribution < -0.4 is 0 Å². The zero-order chi connectivity index (χ0) is 23.2. The normalized spacial score (nSPS) is 12.2. The number of pyridine rings is 1. The van der Waals surface area contributed by atoms with Crippen LogP contribution in [0.25, 0.3) is 43.5 Å². The molecule has 0 bridgehead atoms. The highest BCUT2D eigenvalue weighted by atomic mass is 32.1. The van der Waals surface area contributed by atoms with Gasteiger partial charge in [0.05, 0.1) is 21.6 Å². The van der Waals surface area contributed by atoms with Crippen LogP contribution in [0.2, 0.25) is 0 Å². The predicted octanol–water partition coefficient (Wildman–Crippen LogP) is 8.07. The van der Waals surface area contributed by atoms with Gasteiger partial charge in [0.15, 0.2) is 0 Å². The van der Waals surface area contributed by atoms with Crippen molar-refractivity contribution < 1.29 is 0 Å². The Balaban J connectivity index is 1.60. The van der Waals surface area contributed by atoms with Gasteiger partial charge in [-0.2, -0.15) is 0 Å². The highest BCUT2D eigenvalue weighted by Gasteiger charge is 2.19. The highest BCUT2D eigenvalue weighted by Crippen LogP contribution is 2.36. The molecule has 0 aliphatic rings. The van der Waals surface area contributed by atoms with E-state index in [1.54, 1.807) is 17.7 Å². The van der Waals surface area contributed by atoms with E-state index in [4.69, 9.17) is 4.98 Å². The van der Waals surface area contributed by atoms with E-state index in [-0.39, 0.29) is 5.41 Å². The van der Waals surface area contributed by atoms with Crippen molar-refractivity contribution in [1.82, 2.24) is 15.0 Å². The first kappa shape index (κ1) is 21.7. The van der Waals surface area contributed by atoms with Crippen LogP contribution in [-0.2, 0) is 11.8 Å². The average Bonchev–Trinajstić information content (AvgIpc) is 3.20. The van der Waals surface area contributed by atoms with Crippen LogP contribution in [0.3, 0.4) is 0 Å². The molecule has 0 saturated carbocycles. The summed E-state index contributed by atoms with van der Waals surface area (Å²) in [6.45, 7) is 11.3. The lowest BCUT2D eigenvalue weighted by Crippen LogP contribution is -2.12. The summed E-state index contributed by atoms with van der Waals surface area (Å²) in [5, 5.41) is 4.71. The van der Waals surface area contributed by atoms with Crippen LogP contribution in [-0.4, -0.2) is 15.0 Å². The van der Waals surface area contributed by atoms with E-state index in [2.05, 4.69) is 98.5 Å². The molecule has 4 heteroatoms. The van der Waals surface area contributed by atoms with Crippen molar-refractivity contribution >= 4 is 32.3 Å². The Morgan fingerprint density at radius 2 is 1.70 bits per heavy atom. The Bertz CT molecular complexity index is 1460. The molecule has 3 aromatic heterocycles. The molecule has 0 aliphatic carbocycles. The van der Waals surface area contributed by atoms with Crippen LogP contribution in [0, 0.1) is 5.92 Å². The van der Waals surface area contributed by atoms with Gasteiger partial charge < -0.3 is 0 Å². The maximum absolute atomic E-state index is 4.81. The number of hydrogen-bond acceptors (Lipinski definition) is 4. The van der Waals surface area contributed by atoms with Gasteiger partial charge in [-0.1, -0.05) is 58.9 Å². The minimum atomic E-state index is 0.0344. The zero-order valence-corrected chi connectivity index (χ0v) is 20.7. The number of thiophene rings is 1. The highest BCUT2D eigenvalue weighted by molar-refractivity contribution is 7.17. The molecule has 0 N–H and O–H groups in total. The van der Waals surface area contributed by atoms with Crippen LogP contribution in [0.4, 0.5) is 0 Å². The largest absolute Gasteiger partial charge is 0.254 e. The van der Waals surface area contributed by atoms with Gasteiger partial charge in [-0.25, -0.2) is 9.97 Å². The van der Waals surface area contributed by atoms with Gasteiger partial charge in [0, 0.05) is 22.7 Å². The standard InChI is InChI=1S/C29H29N3S/c1-18(2)10-19-11-27-28(30-15-19)23(16-33-27)26-14-25(31-17-32-26)21-12-20-8-6-7-9-22(20)24(13-21)29(3,4)5/h6-9,11-18H,10H2,1-5H3. The fourth-order valence-corrected chi connectivity index (χ4v) is 5.43. The Morgan fingerprint density at radius 3 is 2.48 bits per heavy atom. The average molecular weight is 452 g/mol. The number of hydrogen-bond donors (Lipinski definition) is 0. The Morgan fingerprint density at radius 1 is 0.909 bits per heavy atom. The molecular formula is C29H29N3S. The van der Waals surface area contributed by atoms with E-state index in [0.29, 0.717) is 5.92 Å². The monoisotopic (exact) mass is 451 g/mol. The van der Waals surface area contributed by atoms with Gasteiger partial charge in [-0.15, -0.1) is 11.3 Å². The maximum atomic E-state index is 4.81. The van der Waals surface area contributed by atoms with E-state index < -0.39 is 0 Å². The Labute approximate surface area is 199 Å². The number of rotatable bonds is 4. The van der Waals surface area contributed by atoms with E-state index in [1.807, 2.05) is 6.20 Å². The van der Waals surface area contributed by atoms with E-state index in [0.717, 1.165) is 34.5 Å². The quantitative estimate of drug-likeness (QED) is 0.277. The molecule has 5 aromatic rings. The fraction of sp³-hybridized carbons (Fsp3) is 0.276. The molecule has 33 heavy (non-hydrogen) atoms. The van der Waals surface area contributed by atoms with Gasteiger partial charge in [0.2, 0.25) is 0 Å². The number of benzene rings is 2. The lowest BCUT2D eigenvalue weighted by molar-refractivity contribution is 0.596. The van der Waals surface area contributed by atoms with E-state index >= 15 is 0 Å². The summed E-state index contributed by atoms with van der Waals surface area (Å²) in [7, 11) is 0. The molecule has 5 rings (SSSR count). The summed E-state index contributed by atoms with van der Waals surface area (Å²) in [5.74, 6) is 0.619. The van der Waals surface area contributed by atoms with Gasteiger partial charge in [0.25, 0.3) is 0 Å². The molecule has 0 unspecified atom stereocenters. The summed E-state index contributed by atoms with van der Waals surface area (Å²) in [6, 6.07) is 17.5. The third-order valence-electron chi connectivity index (χ3n) is 6.02. The minimum absolute atomic E-state index is 0.0344. The van der Waals surface area contributed by atoms with Crippen molar-refractivity contribution in [3.05, 3.63) is 77.6 Å². The van der Waals surface area contributed by atoms with Crippen molar-refractivity contribution in [3.63, 3.8) is 0 Å². The number of nitrogens with zero attached hydrogens (tertiary/aromatic N) is 3. The third kappa shape index (κ3) is 4.28. The van der Waals surface area contributed by atoms with Crippen molar-refractivity contribution in [3.8, 4) is 22.5 Å². The molecule has 0 fully saturated rings. The molecule has 2 aromatic carbocycles. The SMILES string of the molecule is CC(C)Cc1cnc2c(-c3cc(-c4cc(C(C)(C)C)c5ccccc5c4)ncn3)csc2c1. The Kier molecular flexibility index (Phi) is 5.49. The second-order valence-electron chi connectivity index (χ2n) is 10.2. The lowest BCUT2D eigenvalue weighted by atomic mass is 9.82. The third-order valence-corrected chi connectivity index (χ3v) is 6.94. The fourth-order valence-electron chi connectivity index (χ4n) is 4.46. The molecule has 3 nitrogen and oxygen atoms in total.